The summed E-state index contributed by atoms with van der Waals surface area (Å²) in [5.74, 6) is 0. The van der Waals surface area contributed by atoms with Gasteiger partial charge in [0.15, 0.2) is 0 Å². The van der Waals surface area contributed by atoms with Crippen molar-refractivity contribution in [1.29, 1.82) is 0 Å². The average molecular weight is 565 g/mol. The number of pyridine rings is 2. The van der Waals surface area contributed by atoms with Gasteiger partial charge >= 0.3 is 0 Å². The lowest BCUT2D eigenvalue weighted by Gasteiger charge is -2.09. The summed E-state index contributed by atoms with van der Waals surface area (Å²) in [6.07, 6.45) is 0. The van der Waals surface area contributed by atoms with Crippen LogP contribution < -0.4 is 0 Å². The fourth-order valence-corrected chi connectivity index (χ4v) is 7.27. The summed E-state index contributed by atoms with van der Waals surface area (Å²) in [5.41, 5.74) is 8.45. The second kappa shape index (κ2) is 9.59. The minimum Gasteiger partial charge on any atom is -0.245 e. The third-order valence-electron chi connectivity index (χ3n) is 8.44. The third kappa shape index (κ3) is 4.09. The van der Waals surface area contributed by atoms with E-state index in [4.69, 9.17) is 9.97 Å². The van der Waals surface area contributed by atoms with Crippen molar-refractivity contribution < 1.29 is 0 Å². The summed E-state index contributed by atoms with van der Waals surface area (Å²) in [6, 6.07) is 52.0. The molecule has 0 aliphatic carbocycles. The topological polar surface area (TPSA) is 25.8 Å². The monoisotopic (exact) mass is 564 g/mol. The molecule has 3 heterocycles. The summed E-state index contributed by atoms with van der Waals surface area (Å²) in [7, 11) is 0. The Balaban J connectivity index is 1.12. The molecule has 0 saturated carbocycles. The van der Waals surface area contributed by atoms with Crippen LogP contribution in [0.3, 0.4) is 0 Å². The molecule has 9 rings (SSSR count). The van der Waals surface area contributed by atoms with Crippen molar-refractivity contribution in [2.75, 3.05) is 0 Å². The fourth-order valence-electron chi connectivity index (χ4n) is 6.19. The van der Waals surface area contributed by atoms with Crippen LogP contribution in [0, 0.1) is 0 Å². The summed E-state index contributed by atoms with van der Waals surface area (Å²) < 4.78 is 2.67. The van der Waals surface area contributed by atoms with Crippen molar-refractivity contribution in [3.63, 3.8) is 0 Å². The largest absolute Gasteiger partial charge is 0.245 e. The zero-order chi connectivity index (χ0) is 28.3. The van der Waals surface area contributed by atoms with Crippen LogP contribution in [0.4, 0.5) is 0 Å². The minimum atomic E-state index is 0.930. The predicted octanol–water partition coefficient (Wildman–Crippen LogP) is 11.3. The van der Waals surface area contributed by atoms with Crippen LogP contribution in [0.2, 0.25) is 0 Å². The predicted molar refractivity (Wildman–Crippen MR) is 184 cm³/mol. The van der Waals surface area contributed by atoms with E-state index >= 15 is 0 Å². The molecule has 2 nitrogen and oxygen atoms in total. The van der Waals surface area contributed by atoms with E-state index in [1.54, 1.807) is 0 Å². The minimum absolute atomic E-state index is 0.930. The van der Waals surface area contributed by atoms with E-state index < -0.39 is 0 Å². The SMILES string of the molecule is c1ccc(-c2ccc3ccc4ccc(-c5ccc6cc(-c7ccc8sc9ccccc9c8c7)ccc6c5)nc4c3n2)cc1. The first-order chi connectivity index (χ1) is 21.3. The molecule has 0 atom stereocenters. The Bertz CT molecular complexity index is 2510. The molecule has 9 aromatic rings. The van der Waals surface area contributed by atoms with E-state index in [9.17, 15) is 0 Å². The van der Waals surface area contributed by atoms with Crippen molar-refractivity contribution in [1.82, 2.24) is 9.97 Å². The highest BCUT2D eigenvalue weighted by Gasteiger charge is 2.11. The lowest BCUT2D eigenvalue weighted by molar-refractivity contribution is 1.37. The van der Waals surface area contributed by atoms with Crippen LogP contribution in [0.5, 0.6) is 0 Å². The summed E-state index contributed by atoms with van der Waals surface area (Å²) in [5, 5.41) is 7.27. The molecule has 0 unspecified atom stereocenters. The van der Waals surface area contributed by atoms with Crippen LogP contribution in [-0.4, -0.2) is 9.97 Å². The number of fused-ring (bicyclic) bond motifs is 7. The molecular weight excluding hydrogens is 541 g/mol. The highest BCUT2D eigenvalue weighted by atomic mass is 32.1. The summed E-state index contributed by atoms with van der Waals surface area (Å²) in [4.78, 5) is 10.2. The second-order valence-electron chi connectivity index (χ2n) is 11.1. The molecule has 0 N–H and O–H groups in total. The number of aromatic nitrogens is 2. The maximum Gasteiger partial charge on any atom is 0.0972 e. The van der Waals surface area contributed by atoms with Crippen molar-refractivity contribution in [2.45, 2.75) is 0 Å². The zero-order valence-electron chi connectivity index (χ0n) is 23.2. The Morgan fingerprint density at radius 3 is 1.65 bits per heavy atom. The smallest absolute Gasteiger partial charge is 0.0972 e. The van der Waals surface area contributed by atoms with E-state index in [1.807, 2.05) is 29.5 Å². The number of thiophene rings is 1. The van der Waals surface area contributed by atoms with Gasteiger partial charge in [-0.1, -0.05) is 103 Å². The van der Waals surface area contributed by atoms with Crippen molar-refractivity contribution in [3.05, 3.63) is 146 Å². The molecule has 3 aromatic heterocycles. The first kappa shape index (κ1) is 24.2. The van der Waals surface area contributed by atoms with E-state index in [1.165, 1.54) is 42.1 Å². The van der Waals surface area contributed by atoms with Gasteiger partial charge in [0, 0.05) is 42.1 Å². The van der Waals surface area contributed by atoms with Gasteiger partial charge < -0.3 is 0 Å². The zero-order valence-corrected chi connectivity index (χ0v) is 24.0. The lowest BCUT2D eigenvalue weighted by Crippen LogP contribution is -1.91. The molecule has 200 valence electrons. The van der Waals surface area contributed by atoms with Gasteiger partial charge in [0.2, 0.25) is 0 Å². The first-order valence-corrected chi connectivity index (χ1v) is 15.3. The number of hydrogen-bond donors (Lipinski definition) is 0. The van der Waals surface area contributed by atoms with Gasteiger partial charge in [0.05, 0.1) is 22.4 Å². The summed E-state index contributed by atoms with van der Waals surface area (Å²) in [6.45, 7) is 0. The van der Waals surface area contributed by atoms with E-state index in [2.05, 4.69) is 127 Å². The fraction of sp³-hybridized carbons (Fsp3) is 0. The summed E-state index contributed by atoms with van der Waals surface area (Å²) >= 11 is 1.86. The average Bonchev–Trinajstić information content (AvgIpc) is 3.46. The normalized spacial score (nSPS) is 11.7. The quantitative estimate of drug-likeness (QED) is 0.199. The van der Waals surface area contributed by atoms with Gasteiger partial charge in [-0.2, -0.15) is 0 Å². The van der Waals surface area contributed by atoms with Crippen LogP contribution in [-0.2, 0) is 0 Å². The van der Waals surface area contributed by atoms with Gasteiger partial charge in [0.1, 0.15) is 0 Å². The van der Waals surface area contributed by atoms with Crippen LogP contribution in [0.15, 0.2) is 146 Å². The molecule has 6 aromatic carbocycles. The number of nitrogens with zero attached hydrogens (tertiary/aromatic N) is 2. The van der Waals surface area contributed by atoms with Crippen molar-refractivity contribution in [3.8, 4) is 33.6 Å². The Kier molecular flexibility index (Phi) is 5.40. The molecule has 0 aliphatic heterocycles. The Morgan fingerprint density at radius 1 is 0.349 bits per heavy atom. The number of hydrogen-bond acceptors (Lipinski definition) is 3. The number of rotatable bonds is 3. The molecule has 0 spiro atoms. The van der Waals surface area contributed by atoms with Crippen molar-refractivity contribution in [2.24, 2.45) is 0 Å². The molecule has 0 saturated heterocycles. The molecule has 43 heavy (non-hydrogen) atoms. The number of benzene rings is 6. The van der Waals surface area contributed by atoms with Crippen molar-refractivity contribution >= 4 is 64.1 Å². The molecule has 0 aliphatic rings. The van der Waals surface area contributed by atoms with Crippen LogP contribution in [0.25, 0.3) is 86.4 Å². The van der Waals surface area contributed by atoms with E-state index in [0.29, 0.717) is 0 Å². The second-order valence-corrected chi connectivity index (χ2v) is 12.1. The molecule has 0 fully saturated rings. The third-order valence-corrected chi connectivity index (χ3v) is 9.59. The van der Waals surface area contributed by atoms with E-state index in [0.717, 1.165) is 44.3 Å². The maximum atomic E-state index is 5.17. The van der Waals surface area contributed by atoms with Gasteiger partial charge in [-0.15, -0.1) is 11.3 Å². The van der Waals surface area contributed by atoms with Gasteiger partial charge in [-0.3, -0.25) is 0 Å². The highest BCUT2D eigenvalue weighted by Crippen LogP contribution is 2.37. The van der Waals surface area contributed by atoms with Crippen LogP contribution >= 0.6 is 11.3 Å². The Hall–Kier alpha value is -5.38. The van der Waals surface area contributed by atoms with Gasteiger partial charge in [-0.25, -0.2) is 9.97 Å². The Morgan fingerprint density at radius 2 is 0.884 bits per heavy atom. The highest BCUT2D eigenvalue weighted by molar-refractivity contribution is 7.25. The van der Waals surface area contributed by atoms with Crippen LogP contribution in [0.1, 0.15) is 0 Å². The lowest BCUT2D eigenvalue weighted by atomic mass is 9.98. The molecule has 0 bridgehead atoms. The molecular formula is C40H24N2S. The maximum absolute atomic E-state index is 5.17. The Labute approximate surface area is 252 Å². The first-order valence-electron chi connectivity index (χ1n) is 14.5. The van der Waals surface area contributed by atoms with Gasteiger partial charge in [0.25, 0.3) is 0 Å². The van der Waals surface area contributed by atoms with Gasteiger partial charge in [-0.05, 0) is 64.4 Å². The molecule has 0 radical (unpaired) electrons. The van der Waals surface area contributed by atoms with E-state index in [-0.39, 0.29) is 0 Å². The molecule has 0 amide bonds. The standard InChI is InChI=1S/C40H24N2S/c1-2-6-25(7-3-1)35-19-16-26-10-11-27-17-20-36(42-40(27)39(26)41-35)32-15-14-28-22-29(12-13-30(28)23-32)31-18-21-38-34(24-31)33-8-4-5-9-37(33)43-38/h1-24H. The molecule has 3 heteroatoms.